The summed E-state index contributed by atoms with van der Waals surface area (Å²) in [6.07, 6.45) is 3.91. The molecule has 4 aromatic rings. The van der Waals surface area contributed by atoms with E-state index in [0.29, 0.717) is 35.2 Å². The Morgan fingerprint density at radius 3 is 2.91 bits per heavy atom. The molecule has 34 heavy (non-hydrogen) atoms. The van der Waals surface area contributed by atoms with E-state index in [4.69, 9.17) is 4.74 Å². The number of anilines is 1. The van der Waals surface area contributed by atoms with Gasteiger partial charge in [0.2, 0.25) is 5.91 Å². The highest BCUT2D eigenvalue weighted by atomic mass is 32.1. The summed E-state index contributed by atoms with van der Waals surface area (Å²) in [6, 6.07) is 11.2. The van der Waals surface area contributed by atoms with Crippen LogP contribution in [0.1, 0.15) is 41.0 Å². The number of fused-ring (bicyclic) bond motifs is 1. The Morgan fingerprint density at radius 1 is 1.24 bits per heavy atom. The Labute approximate surface area is 199 Å². The van der Waals surface area contributed by atoms with Gasteiger partial charge in [0, 0.05) is 36.0 Å². The highest BCUT2D eigenvalue weighted by Crippen LogP contribution is 2.36. The number of pyridine rings is 1. The highest BCUT2D eigenvalue weighted by molar-refractivity contribution is 7.14. The molecule has 2 amide bonds. The Bertz CT molecular complexity index is 1360. The Balaban J connectivity index is 1.35. The number of aromatic nitrogens is 4. The Morgan fingerprint density at radius 2 is 2.12 bits per heavy atom. The van der Waals surface area contributed by atoms with Crippen molar-refractivity contribution in [1.82, 2.24) is 25.1 Å². The fourth-order valence-corrected chi connectivity index (χ4v) is 4.63. The van der Waals surface area contributed by atoms with Gasteiger partial charge in [-0.25, -0.2) is 14.6 Å². The van der Waals surface area contributed by atoms with E-state index in [1.54, 1.807) is 10.9 Å². The van der Waals surface area contributed by atoms with Crippen LogP contribution in [0.5, 0.6) is 5.75 Å². The first kappa shape index (κ1) is 21.8. The summed E-state index contributed by atoms with van der Waals surface area (Å²) in [5.74, 6) is 1.04. The summed E-state index contributed by atoms with van der Waals surface area (Å²) in [5, 5.41) is 12.5. The van der Waals surface area contributed by atoms with Crippen molar-refractivity contribution < 1.29 is 14.3 Å². The fraction of sp³-hybridized carbons (Fsp3) is 0.208. The molecule has 0 saturated carbocycles. The van der Waals surface area contributed by atoms with Gasteiger partial charge in [-0.15, -0.1) is 11.3 Å². The van der Waals surface area contributed by atoms with Crippen molar-refractivity contribution >= 4 is 28.3 Å². The van der Waals surface area contributed by atoms with Gasteiger partial charge >= 0.3 is 0 Å². The van der Waals surface area contributed by atoms with Gasteiger partial charge in [0.05, 0.1) is 35.8 Å². The lowest BCUT2D eigenvalue weighted by molar-refractivity contribution is -0.119. The average molecular weight is 475 g/mol. The summed E-state index contributed by atoms with van der Waals surface area (Å²) in [4.78, 5) is 33.4. The SMILES string of the molecule is CC(=O)NC1CCOc2ccc(-c3csc(NC(=O)c4cnn(-c5ccccn5)c4C)n3)cc21. The molecule has 0 spiro atoms. The molecule has 2 N–H and O–H groups in total. The smallest absolute Gasteiger partial charge is 0.260 e. The number of hydrogen-bond acceptors (Lipinski definition) is 7. The lowest BCUT2D eigenvalue weighted by Gasteiger charge is -2.26. The summed E-state index contributed by atoms with van der Waals surface area (Å²) < 4.78 is 7.37. The zero-order valence-corrected chi connectivity index (χ0v) is 19.4. The first-order valence-corrected chi connectivity index (χ1v) is 11.6. The van der Waals surface area contributed by atoms with Crippen LogP contribution in [0, 0.1) is 6.92 Å². The molecular weight excluding hydrogens is 452 g/mol. The molecule has 3 aromatic heterocycles. The third kappa shape index (κ3) is 4.27. The number of nitrogens with one attached hydrogen (secondary N) is 2. The molecule has 0 radical (unpaired) electrons. The lowest BCUT2D eigenvalue weighted by Crippen LogP contribution is -2.30. The number of hydrogen-bond donors (Lipinski definition) is 2. The lowest BCUT2D eigenvalue weighted by atomic mass is 9.97. The van der Waals surface area contributed by atoms with Crippen molar-refractivity contribution in [3.05, 3.63) is 71.0 Å². The minimum absolute atomic E-state index is 0.0800. The van der Waals surface area contributed by atoms with Gasteiger partial charge in [0.25, 0.3) is 5.91 Å². The fourth-order valence-electron chi connectivity index (χ4n) is 3.92. The number of benzene rings is 1. The summed E-state index contributed by atoms with van der Waals surface area (Å²) in [7, 11) is 0. The number of ether oxygens (including phenoxy) is 1. The van der Waals surface area contributed by atoms with E-state index < -0.39 is 0 Å². The minimum Gasteiger partial charge on any atom is -0.493 e. The van der Waals surface area contributed by atoms with E-state index in [-0.39, 0.29) is 17.9 Å². The third-order valence-corrected chi connectivity index (χ3v) is 6.33. The zero-order chi connectivity index (χ0) is 23.7. The van der Waals surface area contributed by atoms with Crippen LogP contribution in [0.15, 0.2) is 54.2 Å². The number of amides is 2. The molecule has 0 bridgehead atoms. The molecule has 5 rings (SSSR count). The molecule has 4 heterocycles. The molecular formula is C24H22N6O3S. The number of rotatable bonds is 5. The van der Waals surface area contributed by atoms with Crippen LogP contribution in [-0.2, 0) is 4.79 Å². The van der Waals surface area contributed by atoms with Crippen LogP contribution in [-0.4, -0.2) is 38.2 Å². The van der Waals surface area contributed by atoms with Crippen molar-refractivity contribution in [3.63, 3.8) is 0 Å². The van der Waals surface area contributed by atoms with E-state index in [2.05, 4.69) is 25.7 Å². The van der Waals surface area contributed by atoms with Crippen molar-refractivity contribution in [2.75, 3.05) is 11.9 Å². The van der Waals surface area contributed by atoms with Crippen LogP contribution in [0.3, 0.4) is 0 Å². The first-order chi connectivity index (χ1) is 16.5. The molecule has 1 aromatic carbocycles. The van der Waals surface area contributed by atoms with Crippen LogP contribution >= 0.6 is 11.3 Å². The van der Waals surface area contributed by atoms with Gasteiger partial charge in [-0.05, 0) is 37.3 Å². The quantitative estimate of drug-likeness (QED) is 0.454. The first-order valence-electron chi connectivity index (χ1n) is 10.8. The number of carbonyl (C=O) groups excluding carboxylic acids is 2. The second-order valence-electron chi connectivity index (χ2n) is 7.88. The summed E-state index contributed by atoms with van der Waals surface area (Å²) in [6.45, 7) is 3.89. The third-order valence-electron chi connectivity index (χ3n) is 5.57. The Hall–Kier alpha value is -4.05. The van der Waals surface area contributed by atoms with E-state index in [9.17, 15) is 9.59 Å². The molecule has 1 atom stereocenters. The van der Waals surface area contributed by atoms with Crippen molar-refractivity contribution in [2.45, 2.75) is 26.3 Å². The average Bonchev–Trinajstić information content (AvgIpc) is 3.46. The minimum atomic E-state index is -0.287. The molecule has 9 nitrogen and oxygen atoms in total. The van der Waals surface area contributed by atoms with Gasteiger partial charge in [0.15, 0.2) is 10.9 Å². The maximum Gasteiger partial charge on any atom is 0.260 e. The molecule has 1 aliphatic heterocycles. The molecule has 0 fully saturated rings. The maximum atomic E-state index is 12.9. The van der Waals surface area contributed by atoms with Gasteiger partial charge in [0.1, 0.15) is 5.75 Å². The number of nitrogens with zero attached hydrogens (tertiary/aromatic N) is 4. The monoisotopic (exact) mass is 474 g/mol. The molecule has 1 aliphatic rings. The molecule has 0 saturated heterocycles. The second kappa shape index (κ2) is 9.06. The predicted octanol–water partition coefficient (Wildman–Crippen LogP) is 3.91. The molecule has 0 aliphatic carbocycles. The summed E-state index contributed by atoms with van der Waals surface area (Å²) >= 11 is 1.34. The highest BCUT2D eigenvalue weighted by Gasteiger charge is 2.23. The van der Waals surface area contributed by atoms with E-state index in [0.717, 1.165) is 22.6 Å². The zero-order valence-electron chi connectivity index (χ0n) is 18.6. The topological polar surface area (TPSA) is 111 Å². The van der Waals surface area contributed by atoms with E-state index in [1.165, 1.54) is 24.5 Å². The standard InChI is InChI=1S/C24H22N6O3S/c1-14-18(12-26-30(14)22-5-3-4-9-25-22)23(32)29-24-28-20(13-34-24)16-6-7-21-17(11-16)19(8-10-33-21)27-15(2)31/h3-7,9,11-13,19H,8,10H2,1-2H3,(H,27,31)(H,28,29,32). The van der Waals surface area contributed by atoms with Crippen molar-refractivity contribution in [1.29, 1.82) is 0 Å². The summed E-state index contributed by atoms with van der Waals surface area (Å²) in [5.41, 5.74) is 3.68. The van der Waals surface area contributed by atoms with Gasteiger partial charge in [-0.1, -0.05) is 6.07 Å². The largest absolute Gasteiger partial charge is 0.493 e. The van der Waals surface area contributed by atoms with Crippen molar-refractivity contribution in [2.24, 2.45) is 0 Å². The normalized spacial score (nSPS) is 14.7. The second-order valence-corrected chi connectivity index (χ2v) is 8.74. The van der Waals surface area contributed by atoms with Gasteiger partial charge < -0.3 is 10.1 Å². The van der Waals surface area contributed by atoms with E-state index >= 15 is 0 Å². The van der Waals surface area contributed by atoms with Gasteiger partial charge in [-0.3, -0.25) is 14.9 Å². The maximum absolute atomic E-state index is 12.9. The molecule has 1 unspecified atom stereocenters. The molecule has 172 valence electrons. The Kier molecular flexibility index (Phi) is 5.81. The van der Waals surface area contributed by atoms with Crippen LogP contribution in [0.4, 0.5) is 5.13 Å². The molecule has 10 heteroatoms. The predicted molar refractivity (Wildman–Crippen MR) is 128 cm³/mol. The van der Waals surface area contributed by atoms with Crippen molar-refractivity contribution in [3.8, 4) is 22.8 Å². The van der Waals surface area contributed by atoms with Crippen LogP contribution < -0.4 is 15.4 Å². The number of thiazole rings is 1. The van der Waals surface area contributed by atoms with Crippen LogP contribution in [0.25, 0.3) is 17.1 Å². The van der Waals surface area contributed by atoms with Crippen LogP contribution in [0.2, 0.25) is 0 Å². The van der Waals surface area contributed by atoms with E-state index in [1.807, 2.05) is 48.7 Å². The van der Waals surface area contributed by atoms with Gasteiger partial charge in [-0.2, -0.15) is 5.10 Å². The number of carbonyl (C=O) groups is 2.